The molecular formula is C24H21F3O2. The van der Waals surface area contributed by atoms with Crippen LogP contribution in [0.15, 0.2) is 54.6 Å². The summed E-state index contributed by atoms with van der Waals surface area (Å²) in [6, 6.07) is 13.5. The van der Waals surface area contributed by atoms with Gasteiger partial charge in [0.1, 0.15) is 17.4 Å². The molecule has 0 spiro atoms. The van der Waals surface area contributed by atoms with E-state index in [1.807, 2.05) is 19.1 Å². The van der Waals surface area contributed by atoms with Crippen molar-refractivity contribution >= 4 is 0 Å². The van der Waals surface area contributed by atoms with Crippen LogP contribution in [0.2, 0.25) is 0 Å². The molecule has 3 unspecified atom stereocenters. The van der Waals surface area contributed by atoms with Gasteiger partial charge in [0.25, 0.3) is 0 Å². The van der Waals surface area contributed by atoms with Crippen LogP contribution in [0, 0.1) is 23.4 Å². The molecule has 0 radical (unpaired) electrons. The quantitative estimate of drug-likeness (QED) is 0.584. The summed E-state index contributed by atoms with van der Waals surface area (Å²) in [6.45, 7) is 1.94. The van der Waals surface area contributed by atoms with Crippen LogP contribution < -0.4 is 0 Å². The molecule has 29 heavy (non-hydrogen) atoms. The zero-order chi connectivity index (χ0) is 20.7. The summed E-state index contributed by atoms with van der Waals surface area (Å²) in [4.78, 5) is 0. The highest BCUT2D eigenvalue weighted by Crippen LogP contribution is 2.48. The topological polar surface area (TPSA) is 40.5 Å². The minimum atomic E-state index is -0.722. The molecule has 0 fully saturated rings. The lowest BCUT2D eigenvalue weighted by Gasteiger charge is -2.38. The van der Waals surface area contributed by atoms with Gasteiger partial charge in [-0.1, -0.05) is 31.2 Å². The van der Waals surface area contributed by atoms with Gasteiger partial charge in [-0.05, 0) is 77.6 Å². The van der Waals surface area contributed by atoms with Gasteiger partial charge in [-0.2, -0.15) is 0 Å². The Balaban J connectivity index is 1.83. The number of halogens is 3. The van der Waals surface area contributed by atoms with E-state index in [9.17, 15) is 23.4 Å². The van der Waals surface area contributed by atoms with E-state index in [0.29, 0.717) is 12.0 Å². The van der Waals surface area contributed by atoms with Crippen molar-refractivity contribution in [1.29, 1.82) is 0 Å². The lowest BCUT2D eigenvalue weighted by atomic mass is 9.65. The van der Waals surface area contributed by atoms with Gasteiger partial charge in [0.15, 0.2) is 11.6 Å². The maximum atomic E-state index is 14.9. The van der Waals surface area contributed by atoms with Crippen molar-refractivity contribution in [3.8, 4) is 11.5 Å². The summed E-state index contributed by atoms with van der Waals surface area (Å²) < 4.78 is 43.6. The molecule has 0 saturated heterocycles. The normalized spacial score (nSPS) is 21.0. The Kier molecular flexibility index (Phi) is 4.99. The Bertz CT molecular complexity index is 1030. The van der Waals surface area contributed by atoms with E-state index in [1.165, 1.54) is 24.3 Å². The van der Waals surface area contributed by atoms with Crippen molar-refractivity contribution in [2.24, 2.45) is 5.92 Å². The Hall–Kier alpha value is -2.95. The van der Waals surface area contributed by atoms with Crippen LogP contribution in [-0.2, 0) is 12.8 Å². The van der Waals surface area contributed by atoms with E-state index in [0.717, 1.165) is 11.1 Å². The van der Waals surface area contributed by atoms with Gasteiger partial charge in [-0.25, -0.2) is 13.2 Å². The standard InChI is InChI=1S/C24H21F3O2/c1-13-17(14-5-8-16(28)9-6-14)11-15-7-10-22(29)24(27)23(15)18(13)12-19-20(25)3-2-4-21(19)26/h2-10,13,17-18,28-29H,11-12H2,1H3. The molecule has 0 bridgehead atoms. The molecule has 3 aromatic carbocycles. The van der Waals surface area contributed by atoms with Gasteiger partial charge < -0.3 is 10.2 Å². The molecule has 0 aromatic heterocycles. The minimum absolute atomic E-state index is 0.0123. The van der Waals surface area contributed by atoms with Crippen LogP contribution in [0.25, 0.3) is 0 Å². The van der Waals surface area contributed by atoms with Crippen LogP contribution >= 0.6 is 0 Å². The van der Waals surface area contributed by atoms with Crippen molar-refractivity contribution in [2.75, 3.05) is 0 Å². The molecule has 1 aliphatic rings. The molecule has 3 aromatic rings. The predicted octanol–water partition coefficient (Wildman–Crippen LogP) is 5.82. The van der Waals surface area contributed by atoms with Crippen LogP contribution in [0.1, 0.15) is 41.0 Å². The highest BCUT2D eigenvalue weighted by Gasteiger charge is 2.38. The summed E-state index contributed by atoms with van der Waals surface area (Å²) in [7, 11) is 0. The van der Waals surface area contributed by atoms with E-state index >= 15 is 0 Å². The fraction of sp³-hybridized carbons (Fsp3) is 0.250. The number of phenols is 2. The second-order valence-corrected chi connectivity index (χ2v) is 7.74. The molecule has 1 aliphatic carbocycles. The summed E-state index contributed by atoms with van der Waals surface area (Å²) in [6.07, 6.45) is 0.524. The number of aromatic hydroxyl groups is 2. The van der Waals surface area contributed by atoms with E-state index < -0.39 is 29.1 Å². The lowest BCUT2D eigenvalue weighted by molar-refractivity contribution is 0.327. The predicted molar refractivity (Wildman–Crippen MR) is 105 cm³/mol. The molecule has 0 heterocycles. The van der Waals surface area contributed by atoms with Crippen molar-refractivity contribution in [3.63, 3.8) is 0 Å². The van der Waals surface area contributed by atoms with Crippen molar-refractivity contribution in [2.45, 2.75) is 31.6 Å². The smallest absolute Gasteiger partial charge is 0.168 e. The average molecular weight is 398 g/mol. The maximum absolute atomic E-state index is 14.9. The first kappa shape index (κ1) is 19.4. The van der Waals surface area contributed by atoms with E-state index in [-0.39, 0.29) is 29.6 Å². The number of phenolic OH excluding ortho intramolecular Hbond substituents is 2. The molecule has 4 rings (SSSR count). The number of benzene rings is 3. The Morgan fingerprint density at radius 3 is 2.21 bits per heavy atom. The highest BCUT2D eigenvalue weighted by atomic mass is 19.1. The number of hydrogen-bond acceptors (Lipinski definition) is 2. The van der Waals surface area contributed by atoms with Crippen LogP contribution in [0.3, 0.4) is 0 Å². The SMILES string of the molecule is CC1C(c2ccc(O)cc2)Cc2ccc(O)c(F)c2C1Cc1c(F)cccc1F. The highest BCUT2D eigenvalue weighted by molar-refractivity contribution is 5.45. The first-order valence-electron chi connectivity index (χ1n) is 9.59. The van der Waals surface area contributed by atoms with E-state index in [4.69, 9.17) is 0 Å². The number of hydrogen-bond donors (Lipinski definition) is 2. The fourth-order valence-corrected chi connectivity index (χ4v) is 4.54. The Labute approximate surface area is 167 Å². The largest absolute Gasteiger partial charge is 0.508 e. The van der Waals surface area contributed by atoms with Crippen LogP contribution in [0.4, 0.5) is 13.2 Å². The van der Waals surface area contributed by atoms with Gasteiger partial charge in [0, 0.05) is 5.56 Å². The molecule has 0 saturated carbocycles. The molecule has 0 aliphatic heterocycles. The fourth-order valence-electron chi connectivity index (χ4n) is 4.54. The monoisotopic (exact) mass is 398 g/mol. The summed E-state index contributed by atoms with van der Waals surface area (Å²) in [5.74, 6) is -3.04. The summed E-state index contributed by atoms with van der Waals surface area (Å²) in [5.41, 5.74) is 1.94. The van der Waals surface area contributed by atoms with Gasteiger partial charge in [0.2, 0.25) is 0 Å². The second kappa shape index (κ2) is 7.47. The molecule has 150 valence electrons. The first-order chi connectivity index (χ1) is 13.9. The Morgan fingerprint density at radius 1 is 0.897 bits per heavy atom. The second-order valence-electron chi connectivity index (χ2n) is 7.74. The molecule has 0 amide bonds. The van der Waals surface area contributed by atoms with Gasteiger partial charge in [0.05, 0.1) is 0 Å². The van der Waals surface area contributed by atoms with Gasteiger partial charge >= 0.3 is 0 Å². The lowest BCUT2D eigenvalue weighted by Crippen LogP contribution is -2.29. The third-order valence-corrected chi connectivity index (χ3v) is 6.14. The summed E-state index contributed by atoms with van der Waals surface area (Å²) in [5, 5.41) is 19.5. The first-order valence-corrected chi connectivity index (χ1v) is 9.59. The third-order valence-electron chi connectivity index (χ3n) is 6.14. The average Bonchev–Trinajstić information content (AvgIpc) is 2.70. The van der Waals surface area contributed by atoms with Crippen molar-refractivity contribution in [1.82, 2.24) is 0 Å². The van der Waals surface area contributed by atoms with Gasteiger partial charge in [-0.15, -0.1) is 0 Å². The minimum Gasteiger partial charge on any atom is -0.508 e. The zero-order valence-electron chi connectivity index (χ0n) is 15.9. The molecule has 2 nitrogen and oxygen atoms in total. The van der Waals surface area contributed by atoms with E-state index in [2.05, 4.69) is 0 Å². The molecule has 5 heteroatoms. The number of fused-ring (bicyclic) bond motifs is 1. The van der Waals surface area contributed by atoms with Crippen molar-refractivity contribution < 1.29 is 23.4 Å². The van der Waals surface area contributed by atoms with Crippen LogP contribution in [-0.4, -0.2) is 10.2 Å². The van der Waals surface area contributed by atoms with Gasteiger partial charge in [-0.3, -0.25) is 0 Å². The zero-order valence-corrected chi connectivity index (χ0v) is 15.9. The molecular weight excluding hydrogens is 377 g/mol. The van der Waals surface area contributed by atoms with Crippen molar-refractivity contribution in [3.05, 3.63) is 94.3 Å². The van der Waals surface area contributed by atoms with Crippen LogP contribution in [0.5, 0.6) is 11.5 Å². The van der Waals surface area contributed by atoms with E-state index in [1.54, 1.807) is 18.2 Å². The number of rotatable bonds is 3. The molecule has 3 atom stereocenters. The molecule has 2 N–H and O–H groups in total. The third kappa shape index (κ3) is 3.46. The summed E-state index contributed by atoms with van der Waals surface area (Å²) >= 11 is 0. The maximum Gasteiger partial charge on any atom is 0.168 e. The Morgan fingerprint density at radius 2 is 1.55 bits per heavy atom.